The van der Waals surface area contributed by atoms with Crippen molar-refractivity contribution in [2.45, 2.75) is 43.4 Å². The van der Waals surface area contributed by atoms with Gasteiger partial charge in [-0.25, -0.2) is 0 Å². The quantitative estimate of drug-likeness (QED) is 0.625. The van der Waals surface area contributed by atoms with Gasteiger partial charge in [-0.05, 0) is 61.7 Å². The Morgan fingerprint density at radius 3 is 2.23 bits per heavy atom. The van der Waals surface area contributed by atoms with Crippen molar-refractivity contribution in [2.75, 3.05) is 13.1 Å². The summed E-state index contributed by atoms with van der Waals surface area (Å²) in [5.41, 5.74) is 4.69. The fourth-order valence-electron chi connectivity index (χ4n) is 3.34. The van der Waals surface area contributed by atoms with Crippen LogP contribution in [-0.4, -0.2) is 24.6 Å². The van der Waals surface area contributed by atoms with Crippen LogP contribution >= 0.6 is 11.6 Å². The van der Waals surface area contributed by atoms with Crippen molar-refractivity contribution in [2.24, 2.45) is 5.73 Å². The van der Waals surface area contributed by atoms with E-state index in [4.69, 9.17) is 22.1 Å². The lowest BCUT2D eigenvalue weighted by molar-refractivity contribution is -0.137. The molecule has 0 radical (unpaired) electrons. The van der Waals surface area contributed by atoms with Crippen LogP contribution in [0.15, 0.2) is 48.5 Å². The van der Waals surface area contributed by atoms with Crippen LogP contribution in [-0.2, 0) is 16.4 Å². The van der Waals surface area contributed by atoms with Crippen molar-refractivity contribution >= 4 is 17.5 Å². The van der Waals surface area contributed by atoms with E-state index < -0.39 is 22.8 Å². The first-order chi connectivity index (χ1) is 14.1. The highest BCUT2D eigenvalue weighted by atomic mass is 35.5. The van der Waals surface area contributed by atoms with Gasteiger partial charge in [0.25, 0.3) is 0 Å². The number of hydrogen-bond acceptors (Lipinski definition) is 3. The molecule has 30 heavy (non-hydrogen) atoms. The molecule has 1 unspecified atom stereocenters. The summed E-state index contributed by atoms with van der Waals surface area (Å²) in [5.74, 6) is 0.237. The van der Waals surface area contributed by atoms with E-state index in [1.54, 1.807) is 19.1 Å². The number of halogens is 4. The third-order valence-electron chi connectivity index (χ3n) is 5.50. The first kappa shape index (κ1) is 22.4. The van der Waals surface area contributed by atoms with Gasteiger partial charge in [0.1, 0.15) is 11.4 Å². The summed E-state index contributed by atoms with van der Waals surface area (Å²) < 4.78 is 43.9. The van der Waals surface area contributed by atoms with Gasteiger partial charge in [-0.15, -0.1) is 0 Å². The number of amides is 1. The van der Waals surface area contributed by atoms with Gasteiger partial charge in [0, 0.05) is 24.5 Å². The van der Waals surface area contributed by atoms with Gasteiger partial charge in [0.05, 0.1) is 11.0 Å². The molecule has 1 aliphatic carbocycles. The maximum absolute atomic E-state index is 12.8. The molecule has 8 heteroatoms. The van der Waals surface area contributed by atoms with E-state index in [-0.39, 0.29) is 12.5 Å². The molecule has 2 aromatic carbocycles. The molecule has 1 fully saturated rings. The Morgan fingerprint density at radius 1 is 1.13 bits per heavy atom. The van der Waals surface area contributed by atoms with Crippen LogP contribution in [0.3, 0.4) is 0 Å². The van der Waals surface area contributed by atoms with Gasteiger partial charge in [0.2, 0.25) is 5.91 Å². The average Bonchev–Trinajstić information content (AvgIpc) is 3.50. The van der Waals surface area contributed by atoms with Crippen molar-refractivity contribution in [3.05, 3.63) is 64.7 Å². The predicted molar refractivity (Wildman–Crippen MR) is 110 cm³/mol. The van der Waals surface area contributed by atoms with E-state index in [2.05, 4.69) is 5.32 Å². The molecule has 0 aromatic heterocycles. The zero-order chi connectivity index (χ0) is 22.0. The standard InChI is InChI=1S/C22H24ClF3N2O2/c1-20(14-27,30-18-8-4-16(5-9-18)22(24,25)26)12-13-28-19(29)21(10-11-21)15-2-6-17(23)7-3-15/h2-9H,10-14,27H2,1H3,(H,28,29). The molecule has 4 nitrogen and oxygen atoms in total. The molecule has 1 atom stereocenters. The van der Waals surface area contributed by atoms with Crippen molar-refractivity contribution in [3.63, 3.8) is 0 Å². The summed E-state index contributed by atoms with van der Waals surface area (Å²) >= 11 is 5.93. The number of rotatable bonds is 8. The van der Waals surface area contributed by atoms with E-state index >= 15 is 0 Å². The molecular weight excluding hydrogens is 417 g/mol. The van der Waals surface area contributed by atoms with Crippen molar-refractivity contribution in [1.82, 2.24) is 5.32 Å². The molecule has 3 N–H and O–H groups in total. The van der Waals surface area contributed by atoms with E-state index in [0.29, 0.717) is 23.7 Å². The molecule has 1 amide bonds. The molecule has 162 valence electrons. The first-order valence-corrected chi connectivity index (χ1v) is 10.1. The molecule has 0 saturated heterocycles. The Bertz CT molecular complexity index is 881. The van der Waals surface area contributed by atoms with E-state index in [1.807, 2.05) is 12.1 Å². The maximum atomic E-state index is 12.8. The lowest BCUT2D eigenvalue weighted by atomic mass is 9.94. The second-order valence-corrected chi connectivity index (χ2v) is 8.31. The van der Waals surface area contributed by atoms with Gasteiger partial charge in [0.15, 0.2) is 0 Å². The molecule has 1 aliphatic rings. The largest absolute Gasteiger partial charge is 0.486 e. The monoisotopic (exact) mass is 440 g/mol. The highest BCUT2D eigenvalue weighted by Gasteiger charge is 2.51. The molecular formula is C22H24ClF3N2O2. The molecule has 1 saturated carbocycles. The fourth-order valence-corrected chi connectivity index (χ4v) is 3.47. The van der Waals surface area contributed by atoms with Crippen LogP contribution in [0.5, 0.6) is 5.75 Å². The third-order valence-corrected chi connectivity index (χ3v) is 5.75. The minimum atomic E-state index is -4.40. The summed E-state index contributed by atoms with van der Waals surface area (Å²) in [6.07, 6.45) is -2.44. The summed E-state index contributed by atoms with van der Waals surface area (Å²) in [6.45, 7) is 2.25. The van der Waals surface area contributed by atoms with E-state index in [1.165, 1.54) is 12.1 Å². The number of carbonyl (C=O) groups is 1. The normalized spacial score (nSPS) is 17.1. The van der Waals surface area contributed by atoms with Gasteiger partial charge < -0.3 is 15.8 Å². The van der Waals surface area contributed by atoms with E-state index in [9.17, 15) is 18.0 Å². The number of hydrogen-bond donors (Lipinski definition) is 2. The minimum Gasteiger partial charge on any atom is -0.486 e. The van der Waals surface area contributed by atoms with Crippen LogP contribution < -0.4 is 15.8 Å². The molecule has 0 aliphatic heterocycles. The second-order valence-electron chi connectivity index (χ2n) is 7.87. The lowest BCUT2D eigenvalue weighted by Gasteiger charge is -2.30. The number of alkyl halides is 3. The Kier molecular flexibility index (Phi) is 6.34. The Hall–Kier alpha value is -2.25. The molecule has 0 heterocycles. The van der Waals surface area contributed by atoms with Gasteiger partial charge in [-0.1, -0.05) is 23.7 Å². The van der Waals surface area contributed by atoms with Crippen LogP contribution in [0.2, 0.25) is 5.02 Å². The highest BCUT2D eigenvalue weighted by molar-refractivity contribution is 6.30. The molecule has 0 spiro atoms. The number of benzene rings is 2. The lowest BCUT2D eigenvalue weighted by Crippen LogP contribution is -2.45. The molecule has 2 aromatic rings. The van der Waals surface area contributed by atoms with Crippen LogP contribution in [0.25, 0.3) is 0 Å². The number of carbonyl (C=O) groups excluding carboxylic acids is 1. The number of nitrogens with one attached hydrogen (secondary N) is 1. The Morgan fingerprint density at radius 2 is 1.73 bits per heavy atom. The zero-order valence-electron chi connectivity index (χ0n) is 16.6. The summed E-state index contributed by atoms with van der Waals surface area (Å²) in [6, 6.07) is 11.8. The summed E-state index contributed by atoms with van der Waals surface area (Å²) in [5, 5.41) is 3.57. The van der Waals surface area contributed by atoms with Gasteiger partial charge in [-0.3, -0.25) is 4.79 Å². The predicted octanol–water partition coefficient (Wildman–Crippen LogP) is 4.69. The zero-order valence-corrected chi connectivity index (χ0v) is 17.3. The maximum Gasteiger partial charge on any atom is 0.416 e. The Balaban J connectivity index is 1.57. The highest BCUT2D eigenvalue weighted by Crippen LogP contribution is 2.48. The van der Waals surface area contributed by atoms with E-state index in [0.717, 1.165) is 30.5 Å². The number of nitrogens with two attached hydrogens (primary N) is 1. The summed E-state index contributed by atoms with van der Waals surface area (Å²) in [4.78, 5) is 12.8. The van der Waals surface area contributed by atoms with Crippen molar-refractivity contribution < 1.29 is 22.7 Å². The van der Waals surface area contributed by atoms with Crippen LogP contribution in [0.4, 0.5) is 13.2 Å². The smallest absolute Gasteiger partial charge is 0.416 e. The Labute approximate surface area is 178 Å². The van der Waals surface area contributed by atoms with Crippen molar-refractivity contribution in [1.29, 1.82) is 0 Å². The third kappa shape index (κ3) is 5.08. The van der Waals surface area contributed by atoms with Crippen molar-refractivity contribution in [3.8, 4) is 5.75 Å². The average molecular weight is 441 g/mol. The summed E-state index contributed by atoms with van der Waals surface area (Å²) in [7, 11) is 0. The fraction of sp³-hybridized carbons (Fsp3) is 0.409. The van der Waals surface area contributed by atoms with Gasteiger partial charge >= 0.3 is 6.18 Å². The van der Waals surface area contributed by atoms with Crippen LogP contribution in [0, 0.1) is 0 Å². The molecule has 3 rings (SSSR count). The molecule has 0 bridgehead atoms. The van der Waals surface area contributed by atoms with Gasteiger partial charge in [-0.2, -0.15) is 13.2 Å². The van der Waals surface area contributed by atoms with Crippen LogP contribution in [0.1, 0.15) is 37.3 Å². The second kappa shape index (κ2) is 8.47. The first-order valence-electron chi connectivity index (χ1n) is 9.69. The minimum absolute atomic E-state index is 0.0567. The number of ether oxygens (including phenoxy) is 1. The SMILES string of the molecule is CC(CN)(CCNC(=O)C1(c2ccc(Cl)cc2)CC1)Oc1ccc(C(F)(F)F)cc1. The topological polar surface area (TPSA) is 64.3 Å².